The number of carbonyl (C=O) groups is 3. The average Bonchev–Trinajstić information content (AvgIpc) is 3.15. The van der Waals surface area contributed by atoms with Crippen LogP contribution in [-0.2, 0) is 32.0 Å². The van der Waals surface area contributed by atoms with E-state index in [1.807, 2.05) is 43.3 Å². The van der Waals surface area contributed by atoms with Gasteiger partial charge in [-0.1, -0.05) is 41.9 Å². The lowest BCUT2D eigenvalue weighted by molar-refractivity contribution is -0.151. The summed E-state index contributed by atoms with van der Waals surface area (Å²) in [7, 11) is 0. The number of benzene rings is 2. The van der Waals surface area contributed by atoms with E-state index in [-0.39, 0.29) is 25.5 Å². The van der Waals surface area contributed by atoms with E-state index in [1.165, 1.54) is 5.56 Å². The first-order valence-electron chi connectivity index (χ1n) is 10.1. The van der Waals surface area contributed by atoms with E-state index >= 15 is 0 Å². The normalized spacial score (nSPS) is 15.9. The Labute approximate surface area is 184 Å². The van der Waals surface area contributed by atoms with Crippen LogP contribution in [0.2, 0.25) is 0 Å². The lowest BCUT2D eigenvalue weighted by Gasteiger charge is -2.17. The fourth-order valence-corrected chi connectivity index (χ4v) is 3.85. The molecule has 3 rings (SSSR count). The van der Waals surface area contributed by atoms with Gasteiger partial charge in [0.05, 0.1) is 5.92 Å². The summed E-state index contributed by atoms with van der Waals surface area (Å²) in [4.78, 5) is 38.6. The van der Waals surface area contributed by atoms with Crippen LogP contribution in [0, 0.1) is 5.92 Å². The van der Waals surface area contributed by atoms with Gasteiger partial charge < -0.3 is 15.0 Å². The minimum atomic E-state index is -0.574. The molecule has 2 aromatic carbocycles. The second-order valence-electron chi connectivity index (χ2n) is 7.24. The van der Waals surface area contributed by atoms with Gasteiger partial charge in [0.15, 0.2) is 6.61 Å². The van der Waals surface area contributed by atoms with E-state index in [2.05, 4.69) is 28.2 Å². The number of halogens is 1. The maximum Gasteiger partial charge on any atom is 0.311 e. The minimum absolute atomic E-state index is 0.0860. The molecule has 1 aliphatic rings. The zero-order valence-electron chi connectivity index (χ0n) is 17.1. The summed E-state index contributed by atoms with van der Waals surface area (Å²) in [5, 5.41) is 2.77. The molecule has 0 unspecified atom stereocenters. The minimum Gasteiger partial charge on any atom is -0.455 e. The molecule has 1 atom stereocenters. The van der Waals surface area contributed by atoms with Crippen LogP contribution in [0.5, 0.6) is 0 Å². The number of hydrogen-bond donors (Lipinski definition) is 1. The van der Waals surface area contributed by atoms with E-state index in [9.17, 15) is 14.4 Å². The second kappa shape index (κ2) is 9.89. The molecule has 2 amide bonds. The fourth-order valence-electron chi connectivity index (χ4n) is 3.44. The summed E-state index contributed by atoms with van der Waals surface area (Å²) in [5.74, 6) is -1.63. The predicted molar refractivity (Wildman–Crippen MR) is 119 cm³/mol. The van der Waals surface area contributed by atoms with Gasteiger partial charge in [-0.2, -0.15) is 0 Å². The molecule has 6 nitrogen and oxygen atoms in total. The van der Waals surface area contributed by atoms with Gasteiger partial charge in [0.25, 0.3) is 5.91 Å². The van der Waals surface area contributed by atoms with Gasteiger partial charge in [-0.25, -0.2) is 0 Å². The lowest BCUT2D eigenvalue weighted by atomic mass is 10.1. The second-order valence-corrected chi connectivity index (χ2v) is 8.15. The number of carbonyl (C=O) groups excluding carboxylic acids is 3. The topological polar surface area (TPSA) is 75.7 Å². The van der Waals surface area contributed by atoms with Crippen LogP contribution < -0.4 is 10.2 Å². The van der Waals surface area contributed by atoms with Gasteiger partial charge in [0.1, 0.15) is 0 Å². The SMILES string of the molecule is CCc1ccc(N2C[C@H](C(=O)OCC(=O)Nc3ccc(Br)cc3CC)CC2=O)cc1. The van der Waals surface area contributed by atoms with Gasteiger partial charge in [-0.05, 0) is 54.3 Å². The Morgan fingerprint density at radius 3 is 2.53 bits per heavy atom. The van der Waals surface area contributed by atoms with E-state index in [0.29, 0.717) is 5.69 Å². The highest BCUT2D eigenvalue weighted by Gasteiger charge is 2.36. The van der Waals surface area contributed by atoms with Crippen molar-refractivity contribution in [2.45, 2.75) is 33.1 Å². The lowest BCUT2D eigenvalue weighted by Crippen LogP contribution is -2.28. The monoisotopic (exact) mass is 472 g/mol. The molecule has 30 heavy (non-hydrogen) atoms. The Kier molecular flexibility index (Phi) is 7.26. The van der Waals surface area contributed by atoms with Crippen LogP contribution >= 0.6 is 15.9 Å². The molecule has 0 saturated carbocycles. The Morgan fingerprint density at radius 1 is 1.13 bits per heavy atom. The highest BCUT2D eigenvalue weighted by Crippen LogP contribution is 2.26. The van der Waals surface area contributed by atoms with Crippen LogP contribution in [0.25, 0.3) is 0 Å². The van der Waals surface area contributed by atoms with Gasteiger partial charge in [0.2, 0.25) is 5.91 Å². The molecular weight excluding hydrogens is 448 g/mol. The van der Waals surface area contributed by atoms with Crippen LogP contribution in [-0.4, -0.2) is 30.9 Å². The summed E-state index contributed by atoms with van der Waals surface area (Å²) < 4.78 is 6.12. The van der Waals surface area contributed by atoms with Crippen molar-refractivity contribution in [1.82, 2.24) is 0 Å². The highest BCUT2D eigenvalue weighted by atomic mass is 79.9. The zero-order chi connectivity index (χ0) is 21.7. The van der Waals surface area contributed by atoms with Gasteiger partial charge >= 0.3 is 5.97 Å². The number of aryl methyl sites for hydroxylation is 2. The van der Waals surface area contributed by atoms with Crippen LogP contribution in [0.4, 0.5) is 11.4 Å². The molecule has 0 spiro atoms. The smallest absolute Gasteiger partial charge is 0.311 e. The molecule has 0 aromatic heterocycles. The zero-order valence-corrected chi connectivity index (χ0v) is 18.7. The molecule has 0 aliphatic carbocycles. The first-order valence-corrected chi connectivity index (χ1v) is 10.8. The number of ether oxygens (including phenoxy) is 1. The van der Waals surface area contributed by atoms with Gasteiger partial charge in [-0.15, -0.1) is 0 Å². The van der Waals surface area contributed by atoms with Crippen molar-refractivity contribution in [2.24, 2.45) is 5.92 Å². The summed E-state index contributed by atoms with van der Waals surface area (Å²) in [6.07, 6.45) is 1.77. The number of nitrogens with zero attached hydrogens (tertiary/aromatic N) is 1. The third kappa shape index (κ3) is 5.27. The van der Waals surface area contributed by atoms with Gasteiger partial charge in [0, 0.05) is 28.8 Å². The number of amides is 2. The van der Waals surface area contributed by atoms with Crippen molar-refractivity contribution in [3.63, 3.8) is 0 Å². The Hall–Kier alpha value is -2.67. The third-order valence-corrected chi connectivity index (χ3v) is 5.68. The summed E-state index contributed by atoms with van der Waals surface area (Å²) >= 11 is 3.41. The molecule has 1 aliphatic heterocycles. The van der Waals surface area contributed by atoms with Gasteiger partial charge in [-0.3, -0.25) is 14.4 Å². The van der Waals surface area contributed by atoms with Crippen molar-refractivity contribution in [2.75, 3.05) is 23.4 Å². The maximum atomic E-state index is 12.4. The number of anilines is 2. The number of rotatable bonds is 7. The fraction of sp³-hybridized carbons (Fsp3) is 0.348. The van der Waals surface area contributed by atoms with Crippen molar-refractivity contribution >= 4 is 45.1 Å². The molecule has 7 heteroatoms. The molecule has 158 valence electrons. The largest absolute Gasteiger partial charge is 0.455 e. The molecular formula is C23H25BrN2O4. The average molecular weight is 473 g/mol. The molecule has 1 saturated heterocycles. The standard InChI is InChI=1S/C23H25BrN2O4/c1-3-15-5-8-19(9-6-15)26-13-17(12-22(26)28)23(29)30-14-21(27)25-20-10-7-18(24)11-16(20)4-2/h5-11,17H,3-4,12-14H2,1-2H3,(H,25,27)/t17-/m1/s1. The predicted octanol–water partition coefficient (Wildman–Crippen LogP) is 4.11. The van der Waals surface area contributed by atoms with Crippen LogP contribution in [0.15, 0.2) is 46.9 Å². The molecule has 1 N–H and O–H groups in total. The summed E-state index contributed by atoms with van der Waals surface area (Å²) in [5.41, 5.74) is 3.63. The van der Waals surface area contributed by atoms with Crippen molar-refractivity contribution in [3.8, 4) is 0 Å². The van der Waals surface area contributed by atoms with Crippen molar-refractivity contribution in [3.05, 3.63) is 58.1 Å². The van der Waals surface area contributed by atoms with E-state index in [4.69, 9.17) is 4.74 Å². The molecule has 0 radical (unpaired) electrons. The maximum absolute atomic E-state index is 12.4. The Bertz CT molecular complexity index is 943. The Morgan fingerprint density at radius 2 is 1.87 bits per heavy atom. The first-order chi connectivity index (χ1) is 14.4. The summed E-state index contributed by atoms with van der Waals surface area (Å²) in [6.45, 7) is 3.94. The van der Waals surface area contributed by atoms with E-state index in [1.54, 1.807) is 11.0 Å². The molecule has 2 aromatic rings. The quantitative estimate of drug-likeness (QED) is 0.615. The molecule has 0 bridgehead atoms. The highest BCUT2D eigenvalue weighted by molar-refractivity contribution is 9.10. The van der Waals surface area contributed by atoms with Crippen molar-refractivity contribution < 1.29 is 19.1 Å². The van der Waals surface area contributed by atoms with Crippen LogP contribution in [0.3, 0.4) is 0 Å². The number of nitrogens with one attached hydrogen (secondary N) is 1. The third-order valence-electron chi connectivity index (χ3n) is 5.18. The van der Waals surface area contributed by atoms with Crippen LogP contribution in [0.1, 0.15) is 31.4 Å². The van der Waals surface area contributed by atoms with Crippen molar-refractivity contribution in [1.29, 1.82) is 0 Å². The number of esters is 1. The summed E-state index contributed by atoms with van der Waals surface area (Å²) in [6, 6.07) is 13.3. The first kappa shape index (κ1) is 22.0. The Balaban J connectivity index is 1.53. The van der Waals surface area contributed by atoms with E-state index in [0.717, 1.165) is 28.6 Å². The van der Waals surface area contributed by atoms with E-state index < -0.39 is 17.8 Å². The molecule has 1 heterocycles. The number of hydrogen-bond acceptors (Lipinski definition) is 4. The molecule has 1 fully saturated rings.